The number of aryl methyl sites for hydroxylation is 1. The number of hydrogen-bond acceptors (Lipinski definition) is 6. The minimum absolute atomic E-state index is 0.268. The van der Waals surface area contributed by atoms with E-state index in [2.05, 4.69) is 17.6 Å². The van der Waals surface area contributed by atoms with Crippen molar-refractivity contribution in [3.8, 4) is 5.75 Å². The molecule has 9 heteroatoms. The largest absolute Gasteiger partial charge is 0.481 e. The number of esters is 1. The number of carbonyl (C=O) groups excluding carboxylic acids is 3. The lowest BCUT2D eigenvalue weighted by Gasteiger charge is -2.18. The van der Waals surface area contributed by atoms with E-state index in [1.165, 1.54) is 11.3 Å². The van der Waals surface area contributed by atoms with Crippen LogP contribution in [0.1, 0.15) is 63.9 Å². The SMILES string of the molecule is CCOC(=O)c1c(NC(=O)c2ccc(OC(C)C(=O)Nc3cc(Cl)ccc3C)cc2)sc2c1CCC(C)C2. The average Bonchev–Trinajstić information content (AvgIpc) is 3.23. The number of rotatable bonds is 8. The van der Waals surface area contributed by atoms with Crippen LogP contribution in [-0.2, 0) is 22.4 Å². The van der Waals surface area contributed by atoms with Gasteiger partial charge >= 0.3 is 5.97 Å². The molecule has 0 saturated carbocycles. The molecule has 0 aliphatic heterocycles. The third-order valence-electron chi connectivity index (χ3n) is 6.47. The minimum atomic E-state index is -0.778. The van der Waals surface area contributed by atoms with Gasteiger partial charge in [-0.2, -0.15) is 0 Å². The first-order chi connectivity index (χ1) is 18.2. The van der Waals surface area contributed by atoms with Crippen LogP contribution in [0.4, 0.5) is 10.7 Å². The van der Waals surface area contributed by atoms with Crippen molar-refractivity contribution < 1.29 is 23.9 Å². The van der Waals surface area contributed by atoms with Crippen LogP contribution in [0.5, 0.6) is 5.75 Å². The van der Waals surface area contributed by atoms with Crippen molar-refractivity contribution in [1.82, 2.24) is 0 Å². The number of amides is 2. The molecular weight excluding hydrogens is 524 g/mol. The summed E-state index contributed by atoms with van der Waals surface area (Å²) in [5.74, 6) is -0.0828. The highest BCUT2D eigenvalue weighted by atomic mass is 35.5. The third-order valence-corrected chi connectivity index (χ3v) is 7.88. The smallest absolute Gasteiger partial charge is 0.341 e. The summed E-state index contributed by atoms with van der Waals surface area (Å²) in [5.41, 5.74) is 3.38. The van der Waals surface area contributed by atoms with E-state index in [9.17, 15) is 14.4 Å². The molecule has 2 N–H and O–H groups in total. The second-order valence-electron chi connectivity index (χ2n) is 9.46. The number of ether oxygens (including phenoxy) is 2. The maximum Gasteiger partial charge on any atom is 0.341 e. The molecule has 4 rings (SSSR count). The monoisotopic (exact) mass is 554 g/mol. The molecule has 2 amide bonds. The molecule has 0 spiro atoms. The maximum absolute atomic E-state index is 13.1. The maximum atomic E-state index is 13.1. The number of hydrogen-bond donors (Lipinski definition) is 2. The molecule has 1 aliphatic carbocycles. The fourth-order valence-corrected chi connectivity index (χ4v) is 5.91. The standard InChI is InChI=1S/C29H31ClN2O5S/c1-5-36-29(35)25-22-13-6-16(2)14-24(22)38-28(25)32-27(34)19-8-11-21(12-9-19)37-18(4)26(33)31-23-15-20(30)10-7-17(23)3/h7-12,15-16,18H,5-6,13-14H2,1-4H3,(H,31,33)(H,32,34). The fourth-order valence-electron chi connectivity index (χ4n) is 4.34. The predicted octanol–water partition coefficient (Wildman–Crippen LogP) is 6.67. The molecule has 0 saturated heterocycles. The van der Waals surface area contributed by atoms with Gasteiger partial charge in [0.15, 0.2) is 6.10 Å². The Bertz CT molecular complexity index is 1350. The van der Waals surface area contributed by atoms with Gasteiger partial charge in [0.05, 0.1) is 12.2 Å². The molecule has 200 valence electrons. The fraction of sp³-hybridized carbons (Fsp3) is 0.345. The van der Waals surface area contributed by atoms with Gasteiger partial charge in [0.1, 0.15) is 10.8 Å². The second-order valence-corrected chi connectivity index (χ2v) is 11.0. The molecular formula is C29H31ClN2O5S. The zero-order valence-electron chi connectivity index (χ0n) is 21.9. The van der Waals surface area contributed by atoms with E-state index in [4.69, 9.17) is 21.1 Å². The van der Waals surface area contributed by atoms with Crippen LogP contribution >= 0.6 is 22.9 Å². The predicted molar refractivity (Wildman–Crippen MR) is 151 cm³/mol. The van der Waals surface area contributed by atoms with Crippen molar-refractivity contribution in [3.63, 3.8) is 0 Å². The zero-order chi connectivity index (χ0) is 27.4. The number of anilines is 2. The molecule has 2 atom stereocenters. The van der Waals surface area contributed by atoms with Crippen molar-refractivity contribution in [2.45, 2.75) is 53.1 Å². The number of thiophene rings is 1. The summed E-state index contributed by atoms with van der Waals surface area (Å²) in [5, 5.41) is 6.79. The summed E-state index contributed by atoms with van der Waals surface area (Å²) >= 11 is 7.48. The quantitative estimate of drug-likeness (QED) is 0.303. The first-order valence-electron chi connectivity index (χ1n) is 12.6. The average molecular weight is 555 g/mol. The summed E-state index contributed by atoms with van der Waals surface area (Å²) in [6.45, 7) is 7.75. The summed E-state index contributed by atoms with van der Waals surface area (Å²) in [7, 11) is 0. The lowest BCUT2D eigenvalue weighted by molar-refractivity contribution is -0.122. The number of nitrogens with one attached hydrogen (secondary N) is 2. The number of fused-ring (bicyclic) bond motifs is 1. The zero-order valence-corrected chi connectivity index (χ0v) is 23.4. The first kappa shape index (κ1) is 27.7. The molecule has 0 bridgehead atoms. The van der Waals surface area contributed by atoms with Gasteiger partial charge in [-0.15, -0.1) is 11.3 Å². The highest BCUT2D eigenvalue weighted by molar-refractivity contribution is 7.17. The number of halogens is 1. The van der Waals surface area contributed by atoms with E-state index in [1.807, 2.05) is 13.0 Å². The van der Waals surface area contributed by atoms with E-state index >= 15 is 0 Å². The Hall–Kier alpha value is -3.36. The summed E-state index contributed by atoms with van der Waals surface area (Å²) in [6.07, 6.45) is 1.91. The lowest BCUT2D eigenvalue weighted by atomic mass is 9.88. The van der Waals surface area contributed by atoms with Crippen LogP contribution in [0.3, 0.4) is 0 Å². The second kappa shape index (κ2) is 12.0. The Labute approximate surface area is 231 Å². The summed E-state index contributed by atoms with van der Waals surface area (Å²) < 4.78 is 11.1. The van der Waals surface area contributed by atoms with E-state index in [-0.39, 0.29) is 18.4 Å². The highest BCUT2D eigenvalue weighted by Gasteiger charge is 2.29. The molecule has 1 heterocycles. The Balaban J connectivity index is 1.43. The highest BCUT2D eigenvalue weighted by Crippen LogP contribution is 2.40. The number of carbonyl (C=O) groups is 3. The van der Waals surface area contributed by atoms with Gasteiger partial charge in [-0.3, -0.25) is 9.59 Å². The Morgan fingerprint density at radius 2 is 1.87 bits per heavy atom. The van der Waals surface area contributed by atoms with Gasteiger partial charge < -0.3 is 20.1 Å². The van der Waals surface area contributed by atoms with Crippen LogP contribution in [0.2, 0.25) is 5.02 Å². The lowest BCUT2D eigenvalue weighted by Crippen LogP contribution is -2.30. The van der Waals surface area contributed by atoms with E-state index in [1.54, 1.807) is 50.2 Å². The molecule has 38 heavy (non-hydrogen) atoms. The van der Waals surface area contributed by atoms with E-state index in [0.717, 1.165) is 35.3 Å². The van der Waals surface area contributed by atoms with Crippen LogP contribution in [0, 0.1) is 12.8 Å². The molecule has 0 fully saturated rings. The molecule has 0 radical (unpaired) electrons. The van der Waals surface area contributed by atoms with Gasteiger partial charge in [0.2, 0.25) is 0 Å². The Morgan fingerprint density at radius 1 is 1.13 bits per heavy atom. The van der Waals surface area contributed by atoms with Crippen molar-refractivity contribution in [2.75, 3.05) is 17.2 Å². The van der Waals surface area contributed by atoms with Crippen LogP contribution in [-0.4, -0.2) is 30.5 Å². The Morgan fingerprint density at radius 3 is 2.58 bits per heavy atom. The molecule has 7 nitrogen and oxygen atoms in total. The van der Waals surface area contributed by atoms with E-state index < -0.39 is 12.1 Å². The van der Waals surface area contributed by atoms with Crippen molar-refractivity contribution >= 4 is 51.4 Å². The topological polar surface area (TPSA) is 93.7 Å². The van der Waals surface area contributed by atoms with Crippen molar-refractivity contribution in [3.05, 3.63) is 74.6 Å². The van der Waals surface area contributed by atoms with Gasteiger partial charge in [-0.25, -0.2) is 4.79 Å². The van der Waals surface area contributed by atoms with Crippen molar-refractivity contribution in [1.29, 1.82) is 0 Å². The van der Waals surface area contributed by atoms with Crippen LogP contribution in [0.25, 0.3) is 0 Å². The Kier molecular flexibility index (Phi) is 8.74. The van der Waals surface area contributed by atoms with Gasteiger partial charge in [0, 0.05) is 21.2 Å². The van der Waals surface area contributed by atoms with Gasteiger partial charge in [-0.1, -0.05) is 24.6 Å². The van der Waals surface area contributed by atoms with Gasteiger partial charge in [-0.05, 0) is 93.5 Å². The minimum Gasteiger partial charge on any atom is -0.481 e. The molecule has 1 aliphatic rings. The summed E-state index contributed by atoms with van der Waals surface area (Å²) in [6, 6.07) is 11.8. The molecule has 1 aromatic heterocycles. The first-order valence-corrected chi connectivity index (χ1v) is 13.8. The van der Waals surface area contributed by atoms with E-state index in [0.29, 0.717) is 38.5 Å². The normalized spacial score (nSPS) is 15.2. The molecule has 2 aromatic carbocycles. The van der Waals surface area contributed by atoms with Crippen molar-refractivity contribution in [2.24, 2.45) is 5.92 Å². The summed E-state index contributed by atoms with van der Waals surface area (Å²) in [4.78, 5) is 39.5. The molecule has 3 aromatic rings. The molecule has 2 unspecified atom stereocenters. The van der Waals surface area contributed by atoms with Crippen LogP contribution in [0.15, 0.2) is 42.5 Å². The number of benzene rings is 2. The van der Waals surface area contributed by atoms with Crippen LogP contribution < -0.4 is 15.4 Å². The van der Waals surface area contributed by atoms with Gasteiger partial charge in [0.25, 0.3) is 11.8 Å². The third kappa shape index (κ3) is 6.37.